The molecule has 3 nitrogen and oxygen atoms in total. The van der Waals surface area contributed by atoms with E-state index in [9.17, 15) is 0 Å². The van der Waals surface area contributed by atoms with Crippen molar-refractivity contribution in [1.82, 2.24) is 0 Å². The van der Waals surface area contributed by atoms with Crippen LogP contribution in [0.3, 0.4) is 0 Å². The Hall–Kier alpha value is -0.960. The molecule has 0 aromatic heterocycles. The molecule has 0 fully saturated rings. The van der Waals surface area contributed by atoms with Crippen molar-refractivity contribution in [2.45, 2.75) is 394 Å². The Bertz CT molecular complexity index is 1760. The molecule has 0 bridgehead atoms. The van der Waals surface area contributed by atoms with Gasteiger partial charge in [0.25, 0.3) is 0 Å². The van der Waals surface area contributed by atoms with E-state index in [0.717, 1.165) is 114 Å². The van der Waals surface area contributed by atoms with Crippen LogP contribution in [-0.2, 0) is 33.4 Å². The van der Waals surface area contributed by atoms with E-state index in [1.165, 1.54) is 279 Å². The number of rotatable bonds is 60. The maximum atomic E-state index is 16.3. The van der Waals surface area contributed by atoms with Crippen molar-refractivity contribution in [3.8, 4) is 0 Å². The molecule has 0 aliphatic carbocycles. The summed E-state index contributed by atoms with van der Waals surface area (Å²) in [6, 6.07) is 8.82. The van der Waals surface area contributed by atoms with Gasteiger partial charge in [-0.1, -0.05) is 175 Å². The summed E-state index contributed by atoms with van der Waals surface area (Å²) >= 11 is 0. The molecule has 0 N–H and O–H groups in total. The minimum atomic E-state index is -4.11. The molecule has 2 aromatic carbocycles. The molecule has 0 atom stereocenters. The van der Waals surface area contributed by atoms with E-state index in [2.05, 4.69) is 72.7 Å². The second-order valence-electron chi connectivity index (χ2n) is 26.0. The zero-order valence-corrected chi connectivity index (χ0v) is 56.4. The third-order valence-corrected chi connectivity index (χ3v) is 27.9. The normalized spacial score (nSPS) is 12.8. The van der Waals surface area contributed by atoms with Crippen LogP contribution in [0, 0.1) is 0 Å². The molecular weight excluding hydrogens is 1000 g/mol. The first kappa shape index (κ1) is 74.1. The van der Waals surface area contributed by atoms with Gasteiger partial charge in [0.05, 0.1) is 0 Å². The van der Waals surface area contributed by atoms with Crippen LogP contribution >= 0.6 is 6.83 Å². The molecular formula is C74H139O3PS. The van der Waals surface area contributed by atoms with E-state index in [4.69, 9.17) is 3.97 Å². The molecule has 0 radical (unpaired) electrons. The summed E-state index contributed by atoms with van der Waals surface area (Å²) in [7, 11) is -4.11. The predicted octanol–water partition coefficient (Wildman–Crippen LogP) is 26.3. The molecule has 79 heavy (non-hydrogen) atoms. The van der Waals surface area contributed by atoms with Gasteiger partial charge >= 0.3 is 325 Å². The smallest absolute Gasteiger partial charge is 0.0654 e. The van der Waals surface area contributed by atoms with Crippen LogP contribution in [0.2, 0.25) is 0 Å². The van der Waals surface area contributed by atoms with Crippen LogP contribution < -0.4 is 0 Å². The average Bonchev–Trinajstić information content (AvgIpc) is 3.61. The average molecular weight is 1140 g/mol. The van der Waals surface area contributed by atoms with Gasteiger partial charge in [0.1, 0.15) is 0 Å². The van der Waals surface area contributed by atoms with Crippen molar-refractivity contribution in [1.29, 1.82) is 0 Å². The van der Waals surface area contributed by atoms with Gasteiger partial charge in [0.15, 0.2) is 0 Å². The first-order valence-electron chi connectivity index (χ1n) is 36.2. The molecule has 0 saturated carbocycles. The van der Waals surface area contributed by atoms with Gasteiger partial charge in [0, 0.05) is 0 Å². The molecule has 2 rings (SSSR count). The number of benzene rings is 2. The van der Waals surface area contributed by atoms with E-state index >= 15 is 8.42 Å². The number of hydrogen-bond acceptors (Lipinski definition) is 3. The van der Waals surface area contributed by atoms with E-state index in [-0.39, 0.29) is 0 Å². The fourth-order valence-corrected chi connectivity index (χ4v) is 24.1. The van der Waals surface area contributed by atoms with Crippen molar-refractivity contribution in [2.75, 3.05) is 24.6 Å². The molecule has 0 aliphatic heterocycles. The van der Waals surface area contributed by atoms with Crippen molar-refractivity contribution in [3.63, 3.8) is 0 Å². The number of fused-ring (bicyclic) bond motifs is 1. The summed E-state index contributed by atoms with van der Waals surface area (Å²) in [4.78, 5) is 0.595. The SMILES string of the molecule is CCCCCCCCCCCCCCCCc1c(CCCCCCCCCCCCCCCC)c(S(=O)(=O)OP(CCCC)(CCCC)(CCCC)CCCC)c2ccccc2c1CCCCCCCCCCCCCCCC. The quantitative estimate of drug-likeness (QED) is 0.0490. The Balaban J connectivity index is 2.53. The summed E-state index contributed by atoms with van der Waals surface area (Å²) in [6.45, 7) is 12.9. The third-order valence-electron chi connectivity index (χ3n) is 18.7. The van der Waals surface area contributed by atoms with E-state index < -0.39 is 16.9 Å². The minimum Gasteiger partial charge on any atom is -0.0654 e. The van der Waals surface area contributed by atoms with Crippen molar-refractivity contribution < 1.29 is 12.4 Å². The summed E-state index contributed by atoms with van der Waals surface area (Å²) in [5.41, 5.74) is 4.06. The van der Waals surface area contributed by atoms with E-state index in [0.29, 0.717) is 4.90 Å². The van der Waals surface area contributed by atoms with E-state index in [1.54, 1.807) is 0 Å². The fourth-order valence-electron chi connectivity index (χ4n) is 13.6. The summed E-state index contributed by atoms with van der Waals surface area (Å²) in [5.74, 6) is 0. The van der Waals surface area contributed by atoms with Crippen LogP contribution in [0.4, 0.5) is 0 Å². The Morgan fingerprint density at radius 2 is 0.506 bits per heavy atom. The van der Waals surface area contributed by atoms with Gasteiger partial charge in [0.2, 0.25) is 0 Å². The minimum absolute atomic E-state index is 0.595. The predicted molar refractivity (Wildman–Crippen MR) is 360 cm³/mol. The second-order valence-corrected chi connectivity index (χ2v) is 33.5. The molecule has 0 saturated heterocycles. The molecule has 5 heteroatoms. The standard InChI is InChI=1S/C74H139O3PS/c1-8-15-22-25-28-31-34-37-40-43-46-49-52-55-60-69-70(61-56-53-50-47-44-41-38-35-32-29-26-23-16-9-2)72(63-57-54-51-48-45-42-39-36-33-30-27-24-17-10-3)74(73-64-59-58-62-71(69)73)79(75,76)77-78(65-18-11-4,66-19-12-5,67-20-13-6)68-21-14-7/h58-59,62,64H,8-57,60-61,63,65-68H2,1-7H3. The van der Waals surface area contributed by atoms with Gasteiger partial charge < -0.3 is 0 Å². The van der Waals surface area contributed by atoms with E-state index in [1.807, 2.05) is 0 Å². The topological polar surface area (TPSA) is 43.4 Å². The molecule has 0 amide bonds. The summed E-state index contributed by atoms with van der Waals surface area (Å²) in [5, 5.41) is 2.16. The van der Waals surface area contributed by atoms with Gasteiger partial charge in [-0.3, -0.25) is 0 Å². The van der Waals surface area contributed by atoms with Crippen molar-refractivity contribution in [3.05, 3.63) is 41.0 Å². The van der Waals surface area contributed by atoms with Gasteiger partial charge in [-0.2, -0.15) is 0 Å². The van der Waals surface area contributed by atoms with Crippen LogP contribution in [-0.4, -0.2) is 33.1 Å². The van der Waals surface area contributed by atoms with Crippen molar-refractivity contribution >= 4 is 27.7 Å². The Morgan fingerprint density at radius 3 is 0.785 bits per heavy atom. The number of hydrogen-bond donors (Lipinski definition) is 0. The first-order chi connectivity index (χ1) is 38.7. The summed E-state index contributed by atoms with van der Waals surface area (Å²) < 4.78 is 40.1. The van der Waals surface area contributed by atoms with Crippen LogP contribution in [0.15, 0.2) is 29.2 Å². The first-order valence-corrected chi connectivity index (χ1v) is 40.5. The van der Waals surface area contributed by atoms with Crippen LogP contribution in [0.5, 0.6) is 0 Å². The van der Waals surface area contributed by atoms with Gasteiger partial charge in [-0.25, -0.2) is 0 Å². The molecule has 464 valence electrons. The monoisotopic (exact) mass is 1140 g/mol. The summed E-state index contributed by atoms with van der Waals surface area (Å²) in [6.07, 6.45) is 72.0. The molecule has 0 unspecified atom stereocenters. The molecule has 0 aliphatic rings. The van der Waals surface area contributed by atoms with Crippen LogP contribution in [0.25, 0.3) is 10.8 Å². The zero-order valence-electron chi connectivity index (χ0n) is 54.7. The molecule has 0 spiro atoms. The Morgan fingerprint density at radius 1 is 0.278 bits per heavy atom. The molecule has 2 aromatic rings. The number of unbranched alkanes of at least 4 members (excludes halogenated alkanes) is 43. The van der Waals surface area contributed by atoms with Crippen molar-refractivity contribution in [2.24, 2.45) is 0 Å². The maximum absolute atomic E-state index is 16.3. The Kier molecular flexibility index (Phi) is 46.3. The Labute approximate surface area is 496 Å². The van der Waals surface area contributed by atoms with Gasteiger partial charge in [-0.05, 0) is 0 Å². The zero-order chi connectivity index (χ0) is 57.3. The number of aryl methyl sites for hydroxylation is 1. The third kappa shape index (κ3) is 32.8. The van der Waals surface area contributed by atoms with Crippen LogP contribution in [0.1, 0.15) is 386 Å². The van der Waals surface area contributed by atoms with Gasteiger partial charge in [-0.15, -0.1) is 0 Å². The fraction of sp³-hybridized carbons (Fsp3) is 0.865. The second kappa shape index (κ2) is 49.3. The molecule has 0 heterocycles.